The molecule has 0 spiro atoms. The summed E-state index contributed by atoms with van der Waals surface area (Å²) in [6, 6.07) is 0. The van der Waals surface area contributed by atoms with Crippen LogP contribution in [0.2, 0.25) is 0 Å². The van der Waals surface area contributed by atoms with Gasteiger partial charge in [0.2, 0.25) is 5.91 Å². The van der Waals surface area contributed by atoms with Gasteiger partial charge in [0.1, 0.15) is 11.5 Å². The maximum absolute atomic E-state index is 11.6. The molecule has 0 radical (unpaired) electrons. The van der Waals surface area contributed by atoms with Crippen molar-refractivity contribution < 1.29 is 86.7 Å². The summed E-state index contributed by atoms with van der Waals surface area (Å²) >= 11 is 0. The van der Waals surface area contributed by atoms with Crippen LogP contribution in [0.15, 0.2) is 30.6 Å². The van der Waals surface area contributed by atoms with Crippen molar-refractivity contribution in [2.75, 3.05) is 6.54 Å². The molecule has 0 aliphatic heterocycles. The fraction of sp³-hybridized carbons (Fsp3) is 0.400. The molecule has 1 atom stereocenters. The third kappa shape index (κ3) is 10.8. The summed E-state index contributed by atoms with van der Waals surface area (Å²) in [6.45, 7) is 4.63. The fourth-order valence-corrected chi connectivity index (χ4v) is 1.99. The Bertz CT molecular complexity index is 466. The van der Waals surface area contributed by atoms with Gasteiger partial charge in [-0.1, -0.05) is 13.5 Å². The van der Waals surface area contributed by atoms with Crippen LogP contribution in [0.3, 0.4) is 0 Å². The molecule has 20 heavy (non-hydrogen) atoms. The zero-order valence-electron chi connectivity index (χ0n) is 11.7. The Balaban J connectivity index is -0.00000144. The summed E-state index contributed by atoms with van der Waals surface area (Å²) in [7, 11) is -4.03. The smallest absolute Gasteiger partial charge is 0.878 e. The van der Waals surface area contributed by atoms with Crippen molar-refractivity contribution in [2.24, 2.45) is 0 Å². The van der Waals surface area contributed by atoms with Gasteiger partial charge in [0.25, 0.3) is 0 Å². The molecule has 1 amide bonds. The molecule has 0 aliphatic carbocycles. The van der Waals surface area contributed by atoms with Crippen LogP contribution < -0.4 is 74.6 Å². The number of hydrogen-bond donors (Lipinski definition) is 1. The normalized spacial score (nSPS) is 10.7. The Morgan fingerprint density at radius 2 is 2.00 bits per heavy atom. The standard InChI is InChI=1S/C10H15NO6S.2Na/c1-3-8(7-11-9(12)4-2)18(15,16)17-6-5-10(13)14;;/h4,6,8,13-14H,2-3,7H2,1H3,(H,11,12);;/q;2*+1/p-2. The van der Waals surface area contributed by atoms with Gasteiger partial charge in [-0.25, -0.2) is 0 Å². The number of rotatable bonds is 7. The zero-order valence-corrected chi connectivity index (χ0v) is 16.5. The van der Waals surface area contributed by atoms with Gasteiger partial charge in [-0.3, -0.25) is 4.79 Å². The van der Waals surface area contributed by atoms with Crippen molar-refractivity contribution in [3.8, 4) is 0 Å². The van der Waals surface area contributed by atoms with Gasteiger partial charge < -0.3 is 19.7 Å². The number of carbonyl (C=O) groups is 1. The molecule has 0 rings (SSSR count). The molecular weight excluding hydrogens is 308 g/mol. The van der Waals surface area contributed by atoms with E-state index in [1.54, 1.807) is 6.92 Å². The summed E-state index contributed by atoms with van der Waals surface area (Å²) in [5.74, 6) is -2.21. The van der Waals surface area contributed by atoms with Crippen LogP contribution in [0.25, 0.3) is 0 Å². The van der Waals surface area contributed by atoms with E-state index < -0.39 is 27.2 Å². The van der Waals surface area contributed by atoms with Gasteiger partial charge in [-0.15, -0.1) is 5.73 Å². The maximum Gasteiger partial charge on any atom is 1.00 e. The summed E-state index contributed by atoms with van der Waals surface area (Å²) in [5, 5.41) is 21.3. The van der Waals surface area contributed by atoms with Crippen molar-refractivity contribution in [1.82, 2.24) is 5.32 Å². The van der Waals surface area contributed by atoms with E-state index in [0.717, 1.165) is 6.08 Å². The van der Waals surface area contributed by atoms with Crippen LogP contribution in [-0.2, 0) is 19.1 Å². The molecule has 0 heterocycles. The minimum absolute atomic E-state index is 0. The SMILES string of the molecule is C=CC(=O)NCC(CC)S(=O)(=O)OC=C=C([O-])[O-].[Na+].[Na+]. The molecule has 0 fully saturated rings. The first-order chi connectivity index (χ1) is 8.33. The second kappa shape index (κ2) is 12.8. The molecule has 0 aromatic carbocycles. The van der Waals surface area contributed by atoms with E-state index in [9.17, 15) is 23.4 Å². The van der Waals surface area contributed by atoms with Crippen molar-refractivity contribution in [1.29, 1.82) is 0 Å². The Hall–Kier alpha value is 0.0800. The summed E-state index contributed by atoms with van der Waals surface area (Å²) in [5.41, 5.74) is 1.53. The van der Waals surface area contributed by atoms with Crippen molar-refractivity contribution in [3.63, 3.8) is 0 Å². The van der Waals surface area contributed by atoms with E-state index in [0.29, 0.717) is 6.26 Å². The molecule has 0 saturated heterocycles. The Labute approximate surface area is 162 Å². The van der Waals surface area contributed by atoms with Gasteiger partial charge >= 0.3 is 69.2 Å². The topological polar surface area (TPSA) is 119 Å². The fourth-order valence-electron chi connectivity index (χ4n) is 0.955. The Kier molecular flexibility index (Phi) is 16.0. The average Bonchev–Trinajstić information content (AvgIpc) is 2.28. The molecule has 102 valence electrons. The third-order valence-corrected chi connectivity index (χ3v) is 3.59. The molecule has 10 heteroatoms. The molecule has 1 unspecified atom stereocenters. The van der Waals surface area contributed by atoms with E-state index in [1.165, 1.54) is 5.73 Å². The Morgan fingerprint density at radius 3 is 2.40 bits per heavy atom. The summed E-state index contributed by atoms with van der Waals surface area (Å²) in [6.07, 6.45) is 1.57. The molecular formula is C10H13NNa2O6S. The number of nitrogens with one attached hydrogen (secondary N) is 1. The van der Waals surface area contributed by atoms with Crippen molar-refractivity contribution >= 4 is 16.0 Å². The van der Waals surface area contributed by atoms with Gasteiger partial charge in [-0.05, 0) is 12.5 Å². The van der Waals surface area contributed by atoms with Gasteiger partial charge in [0.15, 0.2) is 0 Å². The minimum Gasteiger partial charge on any atom is -0.878 e. The molecule has 0 aromatic rings. The van der Waals surface area contributed by atoms with Crippen LogP contribution in [0.4, 0.5) is 0 Å². The van der Waals surface area contributed by atoms with Crippen LogP contribution in [0, 0.1) is 0 Å². The summed E-state index contributed by atoms with van der Waals surface area (Å²) < 4.78 is 27.4. The van der Waals surface area contributed by atoms with Crippen LogP contribution >= 0.6 is 0 Å². The van der Waals surface area contributed by atoms with Crippen LogP contribution in [-0.4, -0.2) is 26.1 Å². The first kappa shape index (κ1) is 25.1. The van der Waals surface area contributed by atoms with E-state index in [1.807, 2.05) is 0 Å². The molecule has 0 aromatic heterocycles. The zero-order chi connectivity index (χ0) is 14.2. The number of hydrogen-bond acceptors (Lipinski definition) is 6. The van der Waals surface area contributed by atoms with Gasteiger partial charge in [0, 0.05) is 6.54 Å². The minimum atomic E-state index is -4.03. The summed E-state index contributed by atoms with van der Waals surface area (Å²) in [4.78, 5) is 10.9. The largest absolute Gasteiger partial charge is 1.00 e. The van der Waals surface area contributed by atoms with Crippen LogP contribution in [0.1, 0.15) is 13.3 Å². The average molecular weight is 321 g/mol. The maximum atomic E-state index is 11.6. The first-order valence-corrected chi connectivity index (χ1v) is 6.42. The molecule has 0 bridgehead atoms. The quantitative estimate of drug-likeness (QED) is 0.164. The predicted molar refractivity (Wildman–Crippen MR) is 58.9 cm³/mol. The molecule has 1 N–H and O–H groups in total. The predicted octanol–water partition coefficient (Wildman–Crippen LogP) is -7.90. The second-order valence-corrected chi connectivity index (χ2v) is 4.96. The molecule has 7 nitrogen and oxygen atoms in total. The van der Waals surface area contributed by atoms with E-state index in [-0.39, 0.29) is 72.1 Å². The molecule has 0 aliphatic rings. The van der Waals surface area contributed by atoms with Crippen molar-refractivity contribution in [2.45, 2.75) is 18.6 Å². The van der Waals surface area contributed by atoms with E-state index in [4.69, 9.17) is 0 Å². The first-order valence-electron chi connectivity index (χ1n) is 4.95. The Morgan fingerprint density at radius 1 is 1.45 bits per heavy atom. The monoisotopic (exact) mass is 321 g/mol. The van der Waals surface area contributed by atoms with Crippen LogP contribution in [0.5, 0.6) is 0 Å². The van der Waals surface area contributed by atoms with E-state index >= 15 is 0 Å². The van der Waals surface area contributed by atoms with Gasteiger partial charge in [0.05, 0.1) is 0 Å². The third-order valence-electron chi connectivity index (χ3n) is 1.91. The van der Waals surface area contributed by atoms with Gasteiger partial charge in [-0.2, -0.15) is 14.4 Å². The van der Waals surface area contributed by atoms with Crippen molar-refractivity contribution in [3.05, 3.63) is 30.6 Å². The number of amides is 1. The number of carbonyl (C=O) groups excluding carboxylic acids is 1. The molecule has 0 saturated carbocycles. The van der Waals surface area contributed by atoms with E-state index in [2.05, 4.69) is 16.1 Å². The second-order valence-electron chi connectivity index (χ2n) is 3.12.